The van der Waals surface area contributed by atoms with Crippen molar-refractivity contribution in [3.8, 4) is 0 Å². The molecule has 0 aromatic heterocycles. The quantitative estimate of drug-likeness (QED) is 0.871. The highest BCUT2D eigenvalue weighted by Gasteiger charge is 2.29. The third-order valence-electron chi connectivity index (χ3n) is 4.34. The molecule has 2 N–H and O–H groups in total. The van der Waals surface area contributed by atoms with Gasteiger partial charge in [0.1, 0.15) is 6.54 Å². The van der Waals surface area contributed by atoms with Crippen LogP contribution in [0.2, 0.25) is 0 Å². The van der Waals surface area contributed by atoms with Crippen molar-refractivity contribution >= 4 is 27.5 Å². The molecule has 2 aromatic rings. The standard InChI is InChI=1S/C18H19N3O4S/c1-13-4-2-3-5-16(13)21-11-10-20(12-17(21)22)18(23)14-6-8-15(9-7-14)26(19,24)25/h2-9H,10-12H2,1H3,(H2,19,24,25). The first-order chi connectivity index (χ1) is 12.3. The fraction of sp³-hybridized carbons (Fsp3) is 0.222. The fourth-order valence-corrected chi connectivity index (χ4v) is 3.45. The molecule has 0 bridgehead atoms. The fourth-order valence-electron chi connectivity index (χ4n) is 2.94. The molecule has 2 amide bonds. The number of nitrogens with two attached hydrogens (primary N) is 1. The van der Waals surface area contributed by atoms with E-state index in [2.05, 4.69) is 0 Å². The van der Waals surface area contributed by atoms with Crippen LogP contribution in [-0.2, 0) is 14.8 Å². The van der Waals surface area contributed by atoms with E-state index in [1.165, 1.54) is 29.2 Å². The van der Waals surface area contributed by atoms with Gasteiger partial charge >= 0.3 is 0 Å². The number of aryl methyl sites for hydroxylation is 1. The van der Waals surface area contributed by atoms with Crippen LogP contribution in [-0.4, -0.2) is 44.8 Å². The maximum absolute atomic E-state index is 12.6. The highest BCUT2D eigenvalue weighted by Crippen LogP contribution is 2.22. The number of benzene rings is 2. The minimum absolute atomic E-state index is 0.0237. The molecule has 1 fully saturated rings. The summed E-state index contributed by atoms with van der Waals surface area (Å²) in [5.41, 5.74) is 2.16. The number of para-hydroxylation sites is 1. The predicted molar refractivity (Wildman–Crippen MR) is 97.3 cm³/mol. The lowest BCUT2D eigenvalue weighted by molar-refractivity contribution is -0.120. The van der Waals surface area contributed by atoms with Gasteiger partial charge in [-0.1, -0.05) is 18.2 Å². The van der Waals surface area contributed by atoms with Crippen LogP contribution in [0, 0.1) is 6.92 Å². The monoisotopic (exact) mass is 373 g/mol. The summed E-state index contributed by atoms with van der Waals surface area (Å²) in [5.74, 6) is -0.469. The number of primary sulfonamides is 1. The number of hydrogen-bond acceptors (Lipinski definition) is 4. The van der Waals surface area contributed by atoms with Gasteiger partial charge in [0.25, 0.3) is 5.91 Å². The minimum Gasteiger partial charge on any atom is -0.328 e. The van der Waals surface area contributed by atoms with Crippen molar-refractivity contribution in [1.82, 2.24) is 4.90 Å². The molecule has 7 nitrogen and oxygen atoms in total. The summed E-state index contributed by atoms with van der Waals surface area (Å²) >= 11 is 0. The molecular formula is C18H19N3O4S. The zero-order valence-corrected chi connectivity index (χ0v) is 15.1. The number of carbonyl (C=O) groups excluding carboxylic acids is 2. The van der Waals surface area contributed by atoms with E-state index in [4.69, 9.17) is 5.14 Å². The van der Waals surface area contributed by atoms with Crippen LogP contribution in [0.4, 0.5) is 5.69 Å². The Labute approximate surface area is 152 Å². The zero-order valence-electron chi connectivity index (χ0n) is 14.3. The summed E-state index contributed by atoms with van der Waals surface area (Å²) in [5, 5.41) is 5.05. The maximum Gasteiger partial charge on any atom is 0.254 e. The van der Waals surface area contributed by atoms with Crippen molar-refractivity contribution in [2.24, 2.45) is 5.14 Å². The van der Waals surface area contributed by atoms with Crippen molar-refractivity contribution in [3.05, 3.63) is 59.7 Å². The highest BCUT2D eigenvalue weighted by molar-refractivity contribution is 7.89. The number of piperazine rings is 1. The van der Waals surface area contributed by atoms with E-state index in [0.717, 1.165) is 11.3 Å². The predicted octanol–water partition coefficient (Wildman–Crippen LogP) is 1.13. The SMILES string of the molecule is Cc1ccccc1N1CCN(C(=O)c2ccc(S(N)(=O)=O)cc2)CC1=O. The summed E-state index contributed by atoms with van der Waals surface area (Å²) in [7, 11) is -3.81. The molecule has 0 saturated carbocycles. The van der Waals surface area contributed by atoms with Crippen molar-refractivity contribution in [3.63, 3.8) is 0 Å². The molecule has 0 radical (unpaired) electrons. The van der Waals surface area contributed by atoms with Crippen LogP contribution in [0.1, 0.15) is 15.9 Å². The summed E-state index contributed by atoms with van der Waals surface area (Å²) in [4.78, 5) is 28.2. The Hall–Kier alpha value is -2.71. The number of carbonyl (C=O) groups is 2. The summed E-state index contributed by atoms with van der Waals surface area (Å²) in [6.45, 7) is 2.72. The Morgan fingerprint density at radius 1 is 1.04 bits per heavy atom. The molecule has 3 rings (SSSR count). The maximum atomic E-state index is 12.6. The summed E-state index contributed by atoms with van der Waals surface area (Å²) in [6.07, 6.45) is 0. The van der Waals surface area contributed by atoms with E-state index in [1.807, 2.05) is 31.2 Å². The van der Waals surface area contributed by atoms with Gasteiger partial charge in [0.2, 0.25) is 15.9 Å². The normalized spacial score (nSPS) is 15.2. The van der Waals surface area contributed by atoms with E-state index in [-0.39, 0.29) is 23.3 Å². The molecule has 0 unspecified atom stereocenters. The van der Waals surface area contributed by atoms with E-state index >= 15 is 0 Å². The summed E-state index contributed by atoms with van der Waals surface area (Å²) < 4.78 is 22.6. The molecule has 1 aliphatic heterocycles. The van der Waals surface area contributed by atoms with Gasteiger partial charge < -0.3 is 9.80 Å². The number of hydrogen-bond donors (Lipinski definition) is 1. The first kappa shape index (κ1) is 18.1. The molecule has 0 aliphatic carbocycles. The van der Waals surface area contributed by atoms with Crippen molar-refractivity contribution in [2.75, 3.05) is 24.5 Å². The van der Waals surface area contributed by atoms with E-state index in [9.17, 15) is 18.0 Å². The largest absolute Gasteiger partial charge is 0.328 e. The molecule has 1 heterocycles. The topological polar surface area (TPSA) is 101 Å². The molecule has 1 saturated heterocycles. The zero-order chi connectivity index (χ0) is 18.9. The van der Waals surface area contributed by atoms with Crippen LogP contribution in [0.3, 0.4) is 0 Å². The number of nitrogens with zero attached hydrogens (tertiary/aromatic N) is 2. The van der Waals surface area contributed by atoms with Gasteiger partial charge in [-0.05, 0) is 42.8 Å². The highest BCUT2D eigenvalue weighted by atomic mass is 32.2. The average molecular weight is 373 g/mol. The van der Waals surface area contributed by atoms with Crippen LogP contribution >= 0.6 is 0 Å². The van der Waals surface area contributed by atoms with Gasteiger partial charge in [0.15, 0.2) is 0 Å². The third-order valence-corrected chi connectivity index (χ3v) is 5.27. The Kier molecular flexibility index (Phi) is 4.80. The second-order valence-corrected chi connectivity index (χ2v) is 7.69. The molecule has 8 heteroatoms. The Balaban J connectivity index is 1.73. The molecule has 26 heavy (non-hydrogen) atoms. The van der Waals surface area contributed by atoms with Crippen molar-refractivity contribution < 1.29 is 18.0 Å². The van der Waals surface area contributed by atoms with E-state index in [1.54, 1.807) is 4.90 Å². The number of rotatable bonds is 3. The molecule has 2 aromatic carbocycles. The Morgan fingerprint density at radius 2 is 1.69 bits per heavy atom. The van der Waals surface area contributed by atoms with E-state index < -0.39 is 10.0 Å². The van der Waals surface area contributed by atoms with Gasteiger partial charge in [-0.3, -0.25) is 9.59 Å². The number of sulfonamides is 1. The average Bonchev–Trinajstić information content (AvgIpc) is 2.61. The van der Waals surface area contributed by atoms with E-state index in [0.29, 0.717) is 18.7 Å². The van der Waals surface area contributed by atoms with Crippen LogP contribution < -0.4 is 10.0 Å². The van der Waals surface area contributed by atoms with Crippen molar-refractivity contribution in [1.29, 1.82) is 0 Å². The van der Waals surface area contributed by atoms with Gasteiger partial charge in [0, 0.05) is 24.3 Å². The molecule has 136 valence electrons. The lowest BCUT2D eigenvalue weighted by Gasteiger charge is -2.35. The second kappa shape index (κ2) is 6.89. The molecule has 1 aliphatic rings. The van der Waals surface area contributed by atoms with Crippen LogP contribution in [0.25, 0.3) is 0 Å². The first-order valence-corrected chi connectivity index (χ1v) is 9.60. The first-order valence-electron chi connectivity index (χ1n) is 8.05. The Bertz CT molecular complexity index is 955. The number of amides is 2. The second-order valence-electron chi connectivity index (χ2n) is 6.13. The van der Waals surface area contributed by atoms with Gasteiger partial charge in [-0.2, -0.15) is 0 Å². The molecule has 0 atom stereocenters. The third kappa shape index (κ3) is 3.61. The van der Waals surface area contributed by atoms with Gasteiger partial charge in [-0.25, -0.2) is 13.6 Å². The molecule has 0 spiro atoms. The lowest BCUT2D eigenvalue weighted by Crippen LogP contribution is -2.52. The summed E-state index contributed by atoms with van der Waals surface area (Å²) in [6, 6.07) is 13.0. The lowest BCUT2D eigenvalue weighted by atomic mass is 10.1. The Morgan fingerprint density at radius 3 is 2.27 bits per heavy atom. The van der Waals surface area contributed by atoms with Gasteiger partial charge in [0.05, 0.1) is 4.90 Å². The molecular weight excluding hydrogens is 354 g/mol. The van der Waals surface area contributed by atoms with Crippen LogP contribution in [0.5, 0.6) is 0 Å². The minimum atomic E-state index is -3.81. The smallest absolute Gasteiger partial charge is 0.254 e. The van der Waals surface area contributed by atoms with Gasteiger partial charge in [-0.15, -0.1) is 0 Å². The van der Waals surface area contributed by atoms with Crippen LogP contribution in [0.15, 0.2) is 53.4 Å². The van der Waals surface area contributed by atoms with Crippen molar-refractivity contribution in [2.45, 2.75) is 11.8 Å². The number of anilines is 1.